The minimum atomic E-state index is -0.119. The number of rotatable bonds is 2. The van der Waals surface area contributed by atoms with Crippen LogP contribution in [0.3, 0.4) is 0 Å². The highest BCUT2D eigenvalue weighted by atomic mass is 15.2. The zero-order valence-electron chi connectivity index (χ0n) is 18.7. The Balaban J connectivity index is 1.47. The van der Waals surface area contributed by atoms with Crippen molar-refractivity contribution in [3.05, 3.63) is 143 Å². The second kappa shape index (κ2) is 6.83. The Labute approximate surface area is 195 Å². The maximum atomic E-state index is 2.55. The van der Waals surface area contributed by atoms with Gasteiger partial charge in [-0.05, 0) is 71.0 Å². The lowest BCUT2D eigenvalue weighted by molar-refractivity contribution is 0.631. The van der Waals surface area contributed by atoms with E-state index in [1.54, 1.807) is 0 Å². The van der Waals surface area contributed by atoms with Crippen molar-refractivity contribution in [3.8, 4) is 0 Å². The van der Waals surface area contributed by atoms with Crippen molar-refractivity contribution in [2.24, 2.45) is 0 Å². The van der Waals surface area contributed by atoms with Gasteiger partial charge in [-0.3, -0.25) is 0 Å². The van der Waals surface area contributed by atoms with E-state index in [0.29, 0.717) is 6.04 Å². The van der Waals surface area contributed by atoms with Crippen molar-refractivity contribution in [3.63, 3.8) is 0 Å². The topological polar surface area (TPSA) is 3.24 Å². The van der Waals surface area contributed by atoms with E-state index in [1.165, 1.54) is 50.3 Å². The van der Waals surface area contributed by atoms with Crippen LogP contribution in [0.15, 0.2) is 121 Å². The third-order valence-electron chi connectivity index (χ3n) is 7.91. The minimum Gasteiger partial charge on any atom is -0.333 e. The lowest BCUT2D eigenvalue weighted by Crippen LogP contribution is -2.33. The van der Waals surface area contributed by atoms with Gasteiger partial charge in [0.25, 0.3) is 0 Å². The van der Waals surface area contributed by atoms with E-state index < -0.39 is 0 Å². The van der Waals surface area contributed by atoms with E-state index in [-0.39, 0.29) is 5.41 Å². The first kappa shape index (κ1) is 18.7. The highest BCUT2D eigenvalue weighted by molar-refractivity contribution is 6.02. The summed E-state index contributed by atoms with van der Waals surface area (Å²) in [7, 11) is 0. The molecule has 1 aliphatic heterocycles. The zero-order valence-corrected chi connectivity index (χ0v) is 18.7. The number of hydrogen-bond acceptors (Lipinski definition) is 1. The Morgan fingerprint density at radius 1 is 0.697 bits per heavy atom. The first-order valence-corrected chi connectivity index (χ1v) is 11.8. The monoisotopic (exact) mass is 423 g/mol. The van der Waals surface area contributed by atoms with Crippen molar-refractivity contribution < 1.29 is 0 Å². The van der Waals surface area contributed by atoms with E-state index in [4.69, 9.17) is 0 Å². The predicted octanol–water partition coefficient (Wildman–Crippen LogP) is 7.77. The van der Waals surface area contributed by atoms with Gasteiger partial charge in [0.15, 0.2) is 0 Å². The fraction of sp³-hybridized carbons (Fsp3) is 0.125. The third kappa shape index (κ3) is 2.48. The van der Waals surface area contributed by atoms with Crippen LogP contribution in [0.2, 0.25) is 0 Å². The predicted molar refractivity (Wildman–Crippen MR) is 138 cm³/mol. The van der Waals surface area contributed by atoms with Crippen molar-refractivity contribution >= 4 is 22.5 Å². The molecule has 2 unspecified atom stereocenters. The fourth-order valence-electron chi connectivity index (χ4n) is 6.37. The first-order chi connectivity index (χ1) is 16.3. The summed E-state index contributed by atoms with van der Waals surface area (Å²) in [5, 5.41) is 0. The highest BCUT2D eigenvalue weighted by Gasteiger charge is 2.47. The summed E-state index contributed by atoms with van der Waals surface area (Å²) in [5.41, 5.74) is 12.4. The third-order valence-corrected chi connectivity index (χ3v) is 7.91. The number of allylic oxidation sites excluding steroid dienone is 2. The second-order valence-corrected chi connectivity index (χ2v) is 9.47. The van der Waals surface area contributed by atoms with Crippen LogP contribution in [-0.4, -0.2) is 6.04 Å². The molecule has 4 aromatic carbocycles. The van der Waals surface area contributed by atoms with Crippen molar-refractivity contribution in [1.29, 1.82) is 0 Å². The molecule has 3 aliphatic rings. The van der Waals surface area contributed by atoms with Crippen molar-refractivity contribution in [2.75, 3.05) is 4.90 Å². The quantitative estimate of drug-likeness (QED) is 0.318. The molecule has 33 heavy (non-hydrogen) atoms. The van der Waals surface area contributed by atoms with E-state index in [0.717, 1.165) is 6.42 Å². The molecule has 158 valence electrons. The first-order valence-electron chi connectivity index (χ1n) is 11.8. The van der Waals surface area contributed by atoms with E-state index in [9.17, 15) is 0 Å². The summed E-state index contributed by atoms with van der Waals surface area (Å²) in [6.45, 7) is 2.43. The summed E-state index contributed by atoms with van der Waals surface area (Å²) >= 11 is 0. The molecule has 1 nitrogen and oxygen atoms in total. The molecule has 0 amide bonds. The average Bonchev–Trinajstić information content (AvgIpc) is 3.34. The maximum absolute atomic E-state index is 2.55. The molecule has 2 aliphatic carbocycles. The van der Waals surface area contributed by atoms with Crippen LogP contribution in [0.25, 0.3) is 11.1 Å². The van der Waals surface area contributed by atoms with Crippen LogP contribution in [0, 0.1) is 0 Å². The van der Waals surface area contributed by atoms with Crippen LogP contribution in [0.4, 0.5) is 11.4 Å². The number of para-hydroxylation sites is 2. The van der Waals surface area contributed by atoms with Crippen LogP contribution in [0.5, 0.6) is 0 Å². The molecule has 0 N–H and O–H groups in total. The molecule has 1 heteroatoms. The molecule has 0 spiro atoms. The molecule has 2 atom stereocenters. The normalized spacial score (nSPS) is 22.4. The van der Waals surface area contributed by atoms with Crippen LogP contribution in [-0.2, 0) is 5.41 Å². The van der Waals surface area contributed by atoms with Gasteiger partial charge in [-0.2, -0.15) is 0 Å². The average molecular weight is 424 g/mol. The largest absolute Gasteiger partial charge is 0.333 e. The molecule has 0 aromatic heterocycles. The Hall–Kier alpha value is -3.84. The van der Waals surface area contributed by atoms with Gasteiger partial charge in [0.05, 0.1) is 6.04 Å². The summed E-state index contributed by atoms with van der Waals surface area (Å²) in [6.07, 6.45) is 3.52. The standard InChI is InChI=1S/C32H25N/c1-32(22-12-4-2-5-13-22)28-18-10-8-16-24(28)26-20-27-25-17-9-11-19-30(25)33(31(27)21-29(26)32)23-14-6-3-7-15-23/h2-20,31H,21H2,1H3. The molecule has 0 fully saturated rings. The van der Waals surface area contributed by atoms with Crippen molar-refractivity contribution in [2.45, 2.75) is 24.8 Å². The van der Waals surface area contributed by atoms with Crippen molar-refractivity contribution in [1.82, 2.24) is 0 Å². The number of fused-ring (bicyclic) bond motifs is 5. The smallest absolute Gasteiger partial charge is 0.0636 e. The number of nitrogens with zero attached hydrogens (tertiary/aromatic N) is 1. The van der Waals surface area contributed by atoms with E-state index >= 15 is 0 Å². The molecular weight excluding hydrogens is 398 g/mol. The van der Waals surface area contributed by atoms with Gasteiger partial charge in [-0.1, -0.05) is 91.0 Å². The van der Waals surface area contributed by atoms with Crippen LogP contribution in [0.1, 0.15) is 35.6 Å². The summed E-state index contributed by atoms with van der Waals surface area (Å²) in [5.74, 6) is 0. The molecule has 0 bridgehead atoms. The van der Waals surface area contributed by atoms with E-state index in [1.807, 2.05) is 0 Å². The number of hydrogen-bond donors (Lipinski definition) is 0. The van der Waals surface area contributed by atoms with Gasteiger partial charge in [-0.15, -0.1) is 0 Å². The fourth-order valence-corrected chi connectivity index (χ4v) is 6.37. The van der Waals surface area contributed by atoms with Gasteiger partial charge < -0.3 is 4.90 Å². The van der Waals surface area contributed by atoms with Gasteiger partial charge in [0, 0.05) is 22.4 Å². The molecule has 0 saturated carbocycles. The van der Waals surface area contributed by atoms with Gasteiger partial charge in [-0.25, -0.2) is 0 Å². The van der Waals surface area contributed by atoms with Crippen LogP contribution < -0.4 is 4.90 Å². The number of anilines is 2. The Morgan fingerprint density at radius 3 is 2.12 bits per heavy atom. The maximum Gasteiger partial charge on any atom is 0.0636 e. The van der Waals surface area contributed by atoms with Gasteiger partial charge in [0.2, 0.25) is 0 Å². The Bertz CT molecular complexity index is 1440. The Kier molecular flexibility index (Phi) is 3.87. The lowest BCUT2D eigenvalue weighted by atomic mass is 9.70. The SMILES string of the molecule is CC1(c2ccccc2)C2=C(C=C3c4ccccc4N(c4ccccc4)C3C2)c2ccccc21. The summed E-state index contributed by atoms with van der Waals surface area (Å²) in [4.78, 5) is 2.55. The molecule has 1 heterocycles. The second-order valence-electron chi connectivity index (χ2n) is 9.47. The molecule has 0 saturated heterocycles. The van der Waals surface area contributed by atoms with Gasteiger partial charge >= 0.3 is 0 Å². The molecule has 0 radical (unpaired) electrons. The molecule has 7 rings (SSSR count). The molecule has 4 aromatic rings. The van der Waals surface area contributed by atoms with E-state index in [2.05, 4.69) is 127 Å². The minimum absolute atomic E-state index is 0.119. The molecular formula is C32H25N. The lowest BCUT2D eigenvalue weighted by Gasteiger charge is -2.36. The number of benzene rings is 4. The van der Waals surface area contributed by atoms with Crippen LogP contribution >= 0.6 is 0 Å². The van der Waals surface area contributed by atoms with Gasteiger partial charge in [0.1, 0.15) is 0 Å². The zero-order chi connectivity index (χ0) is 22.0. The summed E-state index contributed by atoms with van der Waals surface area (Å²) < 4.78 is 0. The Morgan fingerprint density at radius 2 is 1.33 bits per heavy atom. The summed E-state index contributed by atoms with van der Waals surface area (Å²) in [6, 6.07) is 40.2. The highest BCUT2D eigenvalue weighted by Crippen LogP contribution is 2.58.